The van der Waals surface area contributed by atoms with Gasteiger partial charge in [-0.2, -0.15) is 0 Å². The first-order valence-electron chi connectivity index (χ1n) is 6.91. The third kappa shape index (κ3) is 4.23. The number of carbonyl (C=O) groups is 1. The van der Waals surface area contributed by atoms with Crippen LogP contribution in [0.15, 0.2) is 0 Å². The van der Waals surface area contributed by atoms with Crippen molar-refractivity contribution in [3.63, 3.8) is 0 Å². The van der Waals surface area contributed by atoms with Crippen LogP contribution in [0.25, 0.3) is 0 Å². The van der Waals surface area contributed by atoms with E-state index in [-0.39, 0.29) is 24.3 Å². The lowest BCUT2D eigenvalue weighted by molar-refractivity contribution is -0.160. The van der Waals surface area contributed by atoms with Gasteiger partial charge in [-0.05, 0) is 13.8 Å². The summed E-state index contributed by atoms with van der Waals surface area (Å²) >= 11 is 0. The average molecular weight is 256 g/mol. The summed E-state index contributed by atoms with van der Waals surface area (Å²) in [6.45, 7) is 8.25. The van der Waals surface area contributed by atoms with Crippen LogP contribution in [-0.2, 0) is 14.3 Å². The molecular formula is C13H24N2O3. The monoisotopic (exact) mass is 256 g/mol. The molecule has 0 saturated carbocycles. The van der Waals surface area contributed by atoms with Crippen LogP contribution in [-0.4, -0.2) is 61.9 Å². The van der Waals surface area contributed by atoms with Gasteiger partial charge in [-0.25, -0.2) is 0 Å². The SMILES string of the molecule is CC1CC(OC(=O)CN2CCNCC2)CC(C)O1. The Morgan fingerprint density at radius 1 is 1.28 bits per heavy atom. The van der Waals surface area contributed by atoms with Gasteiger partial charge in [0, 0.05) is 39.0 Å². The van der Waals surface area contributed by atoms with E-state index in [0.29, 0.717) is 6.54 Å². The van der Waals surface area contributed by atoms with E-state index in [4.69, 9.17) is 9.47 Å². The van der Waals surface area contributed by atoms with Gasteiger partial charge >= 0.3 is 5.97 Å². The molecule has 0 aromatic carbocycles. The molecule has 0 bridgehead atoms. The molecule has 2 aliphatic rings. The second kappa shape index (κ2) is 6.50. The molecule has 2 heterocycles. The predicted molar refractivity (Wildman–Crippen MR) is 68.4 cm³/mol. The molecule has 18 heavy (non-hydrogen) atoms. The van der Waals surface area contributed by atoms with Gasteiger partial charge in [-0.3, -0.25) is 9.69 Å². The molecule has 0 aromatic heterocycles. The number of hydrogen-bond acceptors (Lipinski definition) is 5. The summed E-state index contributed by atoms with van der Waals surface area (Å²) in [7, 11) is 0. The van der Waals surface area contributed by atoms with E-state index in [1.54, 1.807) is 0 Å². The predicted octanol–water partition coefficient (Wildman–Crippen LogP) is 0.391. The molecule has 104 valence electrons. The van der Waals surface area contributed by atoms with Crippen LogP contribution in [0.3, 0.4) is 0 Å². The lowest BCUT2D eigenvalue weighted by atomic mass is 10.0. The summed E-state index contributed by atoms with van der Waals surface area (Å²) in [6, 6.07) is 0. The van der Waals surface area contributed by atoms with E-state index < -0.39 is 0 Å². The van der Waals surface area contributed by atoms with Crippen molar-refractivity contribution in [1.82, 2.24) is 10.2 Å². The van der Waals surface area contributed by atoms with Gasteiger partial charge < -0.3 is 14.8 Å². The third-order valence-electron chi connectivity index (χ3n) is 3.51. The van der Waals surface area contributed by atoms with Crippen molar-refractivity contribution in [1.29, 1.82) is 0 Å². The van der Waals surface area contributed by atoms with Gasteiger partial charge in [-0.15, -0.1) is 0 Å². The number of nitrogens with zero attached hydrogens (tertiary/aromatic N) is 1. The maximum atomic E-state index is 11.9. The fourth-order valence-corrected chi connectivity index (χ4v) is 2.72. The quantitative estimate of drug-likeness (QED) is 0.740. The number of hydrogen-bond donors (Lipinski definition) is 1. The Labute approximate surface area is 109 Å². The molecule has 2 unspecified atom stereocenters. The van der Waals surface area contributed by atoms with Crippen molar-refractivity contribution in [3.8, 4) is 0 Å². The zero-order chi connectivity index (χ0) is 13.0. The molecule has 0 amide bonds. The van der Waals surface area contributed by atoms with E-state index in [0.717, 1.165) is 39.0 Å². The van der Waals surface area contributed by atoms with Crippen LogP contribution in [0.1, 0.15) is 26.7 Å². The van der Waals surface area contributed by atoms with Crippen LogP contribution in [0.2, 0.25) is 0 Å². The molecule has 1 N–H and O–H groups in total. The first-order valence-corrected chi connectivity index (χ1v) is 6.91. The minimum atomic E-state index is -0.0943. The Kier molecular flexibility index (Phi) is 4.97. The highest BCUT2D eigenvalue weighted by Crippen LogP contribution is 2.21. The molecule has 2 fully saturated rings. The Bertz CT molecular complexity index is 269. The van der Waals surface area contributed by atoms with Gasteiger partial charge in [0.2, 0.25) is 0 Å². The van der Waals surface area contributed by atoms with Crippen LogP contribution in [0.4, 0.5) is 0 Å². The summed E-state index contributed by atoms with van der Waals surface area (Å²) in [5.41, 5.74) is 0. The minimum Gasteiger partial charge on any atom is -0.461 e. The maximum absolute atomic E-state index is 11.9. The van der Waals surface area contributed by atoms with Crippen molar-refractivity contribution >= 4 is 5.97 Å². The Morgan fingerprint density at radius 3 is 2.50 bits per heavy atom. The van der Waals surface area contributed by atoms with Crippen LogP contribution in [0, 0.1) is 0 Å². The largest absolute Gasteiger partial charge is 0.461 e. The average Bonchev–Trinajstić information content (AvgIpc) is 2.28. The molecule has 2 aliphatic heterocycles. The molecule has 5 heteroatoms. The van der Waals surface area contributed by atoms with Crippen LogP contribution in [0.5, 0.6) is 0 Å². The summed E-state index contributed by atoms with van der Waals surface area (Å²) in [5.74, 6) is -0.0943. The molecule has 2 atom stereocenters. The highest BCUT2D eigenvalue weighted by Gasteiger charge is 2.27. The number of piperazine rings is 1. The summed E-state index contributed by atoms with van der Waals surface area (Å²) < 4.78 is 11.2. The van der Waals surface area contributed by atoms with Crippen molar-refractivity contribution in [2.75, 3.05) is 32.7 Å². The number of esters is 1. The van der Waals surface area contributed by atoms with Crippen molar-refractivity contribution < 1.29 is 14.3 Å². The molecule has 0 spiro atoms. The Balaban J connectivity index is 1.72. The first kappa shape index (κ1) is 13.8. The lowest BCUT2D eigenvalue weighted by Gasteiger charge is -2.32. The maximum Gasteiger partial charge on any atom is 0.320 e. The van der Waals surface area contributed by atoms with Gasteiger partial charge in [0.05, 0.1) is 18.8 Å². The summed E-state index contributed by atoms with van der Waals surface area (Å²) in [6.07, 6.45) is 2.03. The molecule has 0 aliphatic carbocycles. The van der Waals surface area contributed by atoms with E-state index >= 15 is 0 Å². The number of carbonyl (C=O) groups excluding carboxylic acids is 1. The van der Waals surface area contributed by atoms with Crippen LogP contribution < -0.4 is 5.32 Å². The smallest absolute Gasteiger partial charge is 0.320 e. The molecule has 0 radical (unpaired) electrons. The summed E-state index contributed by atoms with van der Waals surface area (Å²) in [5, 5.41) is 3.27. The molecule has 5 nitrogen and oxygen atoms in total. The van der Waals surface area contributed by atoms with Gasteiger partial charge in [-0.1, -0.05) is 0 Å². The van der Waals surface area contributed by atoms with Crippen molar-refractivity contribution in [3.05, 3.63) is 0 Å². The van der Waals surface area contributed by atoms with Gasteiger partial charge in [0.1, 0.15) is 6.10 Å². The van der Waals surface area contributed by atoms with E-state index in [1.807, 2.05) is 13.8 Å². The summed E-state index contributed by atoms with van der Waals surface area (Å²) in [4.78, 5) is 14.0. The van der Waals surface area contributed by atoms with Gasteiger partial charge in [0.15, 0.2) is 0 Å². The minimum absolute atomic E-state index is 0.0270. The van der Waals surface area contributed by atoms with Gasteiger partial charge in [0.25, 0.3) is 0 Å². The van der Waals surface area contributed by atoms with Crippen LogP contribution >= 0.6 is 0 Å². The zero-order valence-electron chi connectivity index (χ0n) is 11.4. The zero-order valence-corrected chi connectivity index (χ0v) is 11.4. The highest BCUT2D eigenvalue weighted by molar-refractivity contribution is 5.71. The molecule has 2 saturated heterocycles. The Morgan fingerprint density at radius 2 is 1.89 bits per heavy atom. The standard InChI is InChI=1S/C13H24N2O3/c1-10-7-12(8-11(2)17-10)18-13(16)9-15-5-3-14-4-6-15/h10-12,14H,3-9H2,1-2H3. The van der Waals surface area contributed by atoms with E-state index in [1.165, 1.54) is 0 Å². The fourth-order valence-electron chi connectivity index (χ4n) is 2.72. The second-order valence-corrected chi connectivity index (χ2v) is 5.37. The normalized spacial score (nSPS) is 34.2. The number of nitrogens with one attached hydrogen (secondary N) is 1. The fraction of sp³-hybridized carbons (Fsp3) is 0.923. The first-order chi connectivity index (χ1) is 8.63. The van der Waals surface area contributed by atoms with E-state index in [9.17, 15) is 4.79 Å². The van der Waals surface area contributed by atoms with Crippen molar-refractivity contribution in [2.24, 2.45) is 0 Å². The topological polar surface area (TPSA) is 50.8 Å². The third-order valence-corrected chi connectivity index (χ3v) is 3.51. The van der Waals surface area contributed by atoms with E-state index in [2.05, 4.69) is 10.2 Å². The Hall–Kier alpha value is -0.650. The molecule has 2 rings (SSSR count). The molecule has 0 aromatic rings. The number of rotatable bonds is 3. The van der Waals surface area contributed by atoms with Crippen molar-refractivity contribution in [2.45, 2.75) is 45.0 Å². The second-order valence-electron chi connectivity index (χ2n) is 5.37. The highest BCUT2D eigenvalue weighted by atomic mass is 16.6. The molecular weight excluding hydrogens is 232 g/mol. The number of ether oxygens (including phenoxy) is 2. The lowest BCUT2D eigenvalue weighted by Crippen LogP contribution is -2.46.